The molecule has 0 aliphatic carbocycles. The Balaban J connectivity index is 1.97. The highest BCUT2D eigenvalue weighted by molar-refractivity contribution is 5.76. The predicted molar refractivity (Wildman–Crippen MR) is 52.8 cm³/mol. The fourth-order valence-electron chi connectivity index (χ4n) is 1.67. The van der Waals surface area contributed by atoms with Crippen LogP contribution in [0.4, 0.5) is 0 Å². The highest BCUT2D eigenvalue weighted by Crippen LogP contribution is 2.09. The molecule has 0 spiro atoms. The number of β-amino-alcohol motifs (C(OH)–C–C–N with tert-alkyl or cyclic N) is 1. The van der Waals surface area contributed by atoms with Gasteiger partial charge in [-0.25, -0.2) is 0 Å². The monoisotopic (exact) mass is 185 g/mol. The number of nitrogens with two attached hydrogens (primary N) is 1. The van der Waals surface area contributed by atoms with Gasteiger partial charge in [0.1, 0.15) is 0 Å². The maximum Gasteiger partial charge on any atom is 0.0905 e. The maximum absolute atomic E-state index is 9.25. The molecule has 1 unspecified atom stereocenters. The molecule has 4 nitrogen and oxygen atoms in total. The van der Waals surface area contributed by atoms with E-state index in [1.54, 1.807) is 0 Å². The lowest BCUT2D eigenvalue weighted by Crippen LogP contribution is -2.23. The number of hydrogen-bond donors (Lipinski definition) is 3. The first kappa shape index (κ1) is 10.5. The zero-order valence-corrected chi connectivity index (χ0v) is 8.00. The Morgan fingerprint density at radius 3 is 2.85 bits per heavy atom. The molecule has 4 heteroatoms. The minimum Gasteiger partial charge on any atom is -0.392 e. The molecule has 76 valence electrons. The van der Waals surface area contributed by atoms with Gasteiger partial charge in [-0.2, -0.15) is 0 Å². The standard InChI is InChI=1S/C9H19N3O/c10-9(11)3-1-2-5-12-6-4-8(13)7-12/h8,13H,1-7H2,(H3,10,11). The third kappa shape index (κ3) is 4.24. The SMILES string of the molecule is N=C(N)CCCCN1CCC(O)C1. The molecule has 0 aromatic carbocycles. The zero-order valence-electron chi connectivity index (χ0n) is 8.00. The second kappa shape index (κ2) is 5.19. The van der Waals surface area contributed by atoms with E-state index in [0.29, 0.717) is 6.42 Å². The topological polar surface area (TPSA) is 73.3 Å². The van der Waals surface area contributed by atoms with Crippen LogP contribution in [0.15, 0.2) is 0 Å². The number of likely N-dealkylation sites (tertiary alicyclic amines) is 1. The highest BCUT2D eigenvalue weighted by atomic mass is 16.3. The first-order valence-electron chi connectivity index (χ1n) is 4.92. The van der Waals surface area contributed by atoms with Crippen LogP contribution in [-0.4, -0.2) is 41.6 Å². The van der Waals surface area contributed by atoms with E-state index in [4.69, 9.17) is 11.1 Å². The highest BCUT2D eigenvalue weighted by Gasteiger charge is 2.18. The molecule has 0 saturated carbocycles. The second-order valence-electron chi connectivity index (χ2n) is 3.73. The molecule has 0 amide bonds. The molecule has 0 aromatic heterocycles. The smallest absolute Gasteiger partial charge is 0.0905 e. The lowest BCUT2D eigenvalue weighted by atomic mass is 10.2. The minimum absolute atomic E-state index is 0.118. The number of aliphatic hydroxyl groups excluding tert-OH is 1. The number of nitrogens with one attached hydrogen (secondary N) is 1. The molecule has 1 aliphatic rings. The van der Waals surface area contributed by atoms with Crippen molar-refractivity contribution in [1.82, 2.24) is 4.90 Å². The third-order valence-corrected chi connectivity index (χ3v) is 2.42. The van der Waals surface area contributed by atoms with Crippen LogP contribution in [0.5, 0.6) is 0 Å². The van der Waals surface area contributed by atoms with Crippen LogP contribution < -0.4 is 5.73 Å². The second-order valence-corrected chi connectivity index (χ2v) is 3.73. The van der Waals surface area contributed by atoms with Gasteiger partial charge < -0.3 is 15.7 Å². The number of aliphatic hydroxyl groups is 1. The Kier molecular flexibility index (Phi) is 4.18. The van der Waals surface area contributed by atoms with E-state index in [1.165, 1.54) is 0 Å². The van der Waals surface area contributed by atoms with Crippen molar-refractivity contribution in [2.45, 2.75) is 31.8 Å². The van der Waals surface area contributed by atoms with Crippen LogP contribution in [0.2, 0.25) is 0 Å². The van der Waals surface area contributed by atoms with E-state index in [9.17, 15) is 5.11 Å². The summed E-state index contributed by atoms with van der Waals surface area (Å²) in [5, 5.41) is 16.3. The van der Waals surface area contributed by atoms with Gasteiger partial charge in [0, 0.05) is 19.5 Å². The quantitative estimate of drug-likeness (QED) is 0.324. The van der Waals surface area contributed by atoms with E-state index < -0.39 is 0 Å². The average Bonchev–Trinajstić information content (AvgIpc) is 2.45. The van der Waals surface area contributed by atoms with Gasteiger partial charge in [-0.15, -0.1) is 0 Å². The van der Waals surface area contributed by atoms with Crippen molar-refractivity contribution in [3.8, 4) is 0 Å². The van der Waals surface area contributed by atoms with E-state index in [2.05, 4.69) is 4.90 Å². The molecule has 0 bridgehead atoms. The van der Waals surface area contributed by atoms with Gasteiger partial charge in [0.05, 0.1) is 11.9 Å². The van der Waals surface area contributed by atoms with Crippen molar-refractivity contribution in [2.75, 3.05) is 19.6 Å². The van der Waals surface area contributed by atoms with Gasteiger partial charge in [-0.05, 0) is 25.8 Å². The molecule has 1 aliphatic heterocycles. The Morgan fingerprint density at radius 2 is 2.31 bits per heavy atom. The fraction of sp³-hybridized carbons (Fsp3) is 0.889. The number of unbranched alkanes of at least 4 members (excludes halogenated alkanes) is 1. The van der Waals surface area contributed by atoms with Crippen LogP contribution in [0.3, 0.4) is 0 Å². The molecule has 0 aromatic rings. The molecule has 0 radical (unpaired) electrons. The molecule has 1 rings (SSSR count). The van der Waals surface area contributed by atoms with Crippen LogP contribution in [-0.2, 0) is 0 Å². The summed E-state index contributed by atoms with van der Waals surface area (Å²) in [7, 11) is 0. The Hall–Kier alpha value is -0.610. The predicted octanol–water partition coefficient (Wildman–Crippen LogP) is 0.159. The van der Waals surface area contributed by atoms with E-state index in [0.717, 1.165) is 38.9 Å². The summed E-state index contributed by atoms with van der Waals surface area (Å²) >= 11 is 0. The summed E-state index contributed by atoms with van der Waals surface area (Å²) in [6.07, 6.45) is 3.56. The first-order chi connectivity index (χ1) is 6.18. The third-order valence-electron chi connectivity index (χ3n) is 2.42. The Morgan fingerprint density at radius 1 is 1.54 bits per heavy atom. The average molecular weight is 185 g/mol. The van der Waals surface area contributed by atoms with Crippen LogP contribution in [0, 0.1) is 5.41 Å². The summed E-state index contributed by atoms with van der Waals surface area (Å²) in [5.41, 5.74) is 5.24. The molecule has 1 saturated heterocycles. The maximum atomic E-state index is 9.25. The summed E-state index contributed by atoms with van der Waals surface area (Å²) in [5.74, 6) is 0.279. The molecular formula is C9H19N3O. The molecule has 13 heavy (non-hydrogen) atoms. The fourth-order valence-corrected chi connectivity index (χ4v) is 1.67. The minimum atomic E-state index is -0.118. The van der Waals surface area contributed by atoms with Crippen LogP contribution in [0.1, 0.15) is 25.7 Å². The molecule has 1 fully saturated rings. The van der Waals surface area contributed by atoms with E-state index >= 15 is 0 Å². The van der Waals surface area contributed by atoms with Crippen molar-refractivity contribution in [2.24, 2.45) is 5.73 Å². The van der Waals surface area contributed by atoms with Crippen molar-refractivity contribution < 1.29 is 5.11 Å². The summed E-state index contributed by atoms with van der Waals surface area (Å²) in [6.45, 7) is 2.87. The Bertz CT molecular complexity index is 172. The zero-order chi connectivity index (χ0) is 9.68. The Labute approximate surface area is 79.2 Å². The van der Waals surface area contributed by atoms with Gasteiger partial charge in [0.2, 0.25) is 0 Å². The van der Waals surface area contributed by atoms with E-state index in [1.807, 2.05) is 0 Å². The van der Waals surface area contributed by atoms with Crippen molar-refractivity contribution in [3.63, 3.8) is 0 Å². The largest absolute Gasteiger partial charge is 0.392 e. The first-order valence-corrected chi connectivity index (χ1v) is 4.92. The van der Waals surface area contributed by atoms with Gasteiger partial charge >= 0.3 is 0 Å². The lowest BCUT2D eigenvalue weighted by molar-refractivity contribution is 0.176. The van der Waals surface area contributed by atoms with Crippen LogP contribution >= 0.6 is 0 Å². The van der Waals surface area contributed by atoms with Gasteiger partial charge in [-0.3, -0.25) is 5.41 Å². The van der Waals surface area contributed by atoms with Gasteiger partial charge in [0.15, 0.2) is 0 Å². The van der Waals surface area contributed by atoms with Crippen molar-refractivity contribution in [1.29, 1.82) is 5.41 Å². The number of hydrogen-bond acceptors (Lipinski definition) is 3. The van der Waals surface area contributed by atoms with Gasteiger partial charge in [-0.1, -0.05) is 0 Å². The molecule has 1 heterocycles. The molecule has 1 atom stereocenters. The summed E-state index contributed by atoms with van der Waals surface area (Å²) < 4.78 is 0. The lowest BCUT2D eigenvalue weighted by Gasteiger charge is -2.13. The molecular weight excluding hydrogens is 166 g/mol. The molecule has 4 N–H and O–H groups in total. The number of amidine groups is 1. The normalized spacial score (nSPS) is 23.6. The number of rotatable bonds is 5. The summed E-state index contributed by atoms with van der Waals surface area (Å²) in [4.78, 5) is 2.27. The van der Waals surface area contributed by atoms with Gasteiger partial charge in [0.25, 0.3) is 0 Å². The summed E-state index contributed by atoms with van der Waals surface area (Å²) in [6, 6.07) is 0. The van der Waals surface area contributed by atoms with Crippen LogP contribution in [0.25, 0.3) is 0 Å². The van der Waals surface area contributed by atoms with Crippen molar-refractivity contribution >= 4 is 5.84 Å². The number of nitrogens with zero attached hydrogens (tertiary/aromatic N) is 1. The van der Waals surface area contributed by atoms with E-state index in [-0.39, 0.29) is 11.9 Å². The van der Waals surface area contributed by atoms with Crippen molar-refractivity contribution in [3.05, 3.63) is 0 Å².